The molecule has 2 N–H and O–H groups in total. The standard InChI is InChI=1S/C12H12FN5/c13-10-6-9(7-14)3-4-11(10)15-5-1-2-12-16-8-17-18-12/h3-4,6,8,15H,1-2,5H2,(H,16,17,18). The Hall–Kier alpha value is -2.42. The molecule has 5 nitrogen and oxygen atoms in total. The van der Waals surface area contributed by atoms with Crippen LogP contribution in [0.2, 0.25) is 0 Å². The van der Waals surface area contributed by atoms with E-state index in [0.717, 1.165) is 18.7 Å². The number of aromatic amines is 1. The number of nitrogens with one attached hydrogen (secondary N) is 2. The van der Waals surface area contributed by atoms with Crippen molar-refractivity contribution in [1.29, 1.82) is 5.26 Å². The van der Waals surface area contributed by atoms with E-state index < -0.39 is 5.82 Å². The number of benzene rings is 1. The van der Waals surface area contributed by atoms with Crippen LogP contribution >= 0.6 is 0 Å². The highest BCUT2D eigenvalue weighted by Crippen LogP contribution is 2.15. The van der Waals surface area contributed by atoms with Crippen LogP contribution in [0.15, 0.2) is 24.5 Å². The summed E-state index contributed by atoms with van der Waals surface area (Å²) < 4.78 is 13.5. The van der Waals surface area contributed by atoms with E-state index in [0.29, 0.717) is 17.8 Å². The Balaban J connectivity index is 1.82. The van der Waals surface area contributed by atoms with E-state index >= 15 is 0 Å². The van der Waals surface area contributed by atoms with Gasteiger partial charge in [-0.15, -0.1) is 0 Å². The van der Waals surface area contributed by atoms with Gasteiger partial charge in [0.1, 0.15) is 18.0 Å². The average Bonchev–Trinajstić information content (AvgIpc) is 2.89. The molecule has 18 heavy (non-hydrogen) atoms. The van der Waals surface area contributed by atoms with Crippen molar-refractivity contribution in [2.75, 3.05) is 11.9 Å². The largest absolute Gasteiger partial charge is 0.383 e. The van der Waals surface area contributed by atoms with Crippen LogP contribution in [-0.4, -0.2) is 21.7 Å². The first-order chi connectivity index (χ1) is 8.79. The first kappa shape index (κ1) is 12.0. The van der Waals surface area contributed by atoms with Gasteiger partial charge in [-0.05, 0) is 24.6 Å². The van der Waals surface area contributed by atoms with Gasteiger partial charge >= 0.3 is 0 Å². The zero-order valence-electron chi connectivity index (χ0n) is 9.65. The molecule has 0 spiro atoms. The molecule has 0 amide bonds. The van der Waals surface area contributed by atoms with E-state index in [2.05, 4.69) is 20.5 Å². The van der Waals surface area contributed by atoms with Gasteiger partial charge in [0, 0.05) is 13.0 Å². The molecule has 1 aromatic carbocycles. The maximum Gasteiger partial charge on any atom is 0.147 e. The van der Waals surface area contributed by atoms with E-state index in [9.17, 15) is 4.39 Å². The fraction of sp³-hybridized carbons (Fsp3) is 0.250. The van der Waals surface area contributed by atoms with E-state index in [4.69, 9.17) is 5.26 Å². The first-order valence-corrected chi connectivity index (χ1v) is 5.57. The summed E-state index contributed by atoms with van der Waals surface area (Å²) in [6, 6.07) is 6.27. The van der Waals surface area contributed by atoms with Crippen molar-refractivity contribution in [3.63, 3.8) is 0 Å². The maximum atomic E-state index is 13.5. The molecule has 0 aliphatic carbocycles. The van der Waals surface area contributed by atoms with Gasteiger partial charge in [0.05, 0.1) is 17.3 Å². The Morgan fingerprint density at radius 1 is 1.44 bits per heavy atom. The Morgan fingerprint density at radius 3 is 3.00 bits per heavy atom. The van der Waals surface area contributed by atoms with Crippen LogP contribution in [0.4, 0.5) is 10.1 Å². The monoisotopic (exact) mass is 245 g/mol. The molecule has 0 aliphatic heterocycles. The third-order valence-corrected chi connectivity index (χ3v) is 2.47. The molecule has 0 radical (unpaired) electrons. The van der Waals surface area contributed by atoms with Crippen molar-refractivity contribution < 1.29 is 4.39 Å². The van der Waals surface area contributed by atoms with Crippen LogP contribution < -0.4 is 5.32 Å². The van der Waals surface area contributed by atoms with Crippen LogP contribution in [-0.2, 0) is 6.42 Å². The second-order valence-electron chi connectivity index (χ2n) is 3.77. The summed E-state index contributed by atoms with van der Waals surface area (Å²) in [7, 11) is 0. The third-order valence-electron chi connectivity index (χ3n) is 2.47. The van der Waals surface area contributed by atoms with Gasteiger partial charge in [-0.2, -0.15) is 10.4 Å². The number of anilines is 1. The highest BCUT2D eigenvalue weighted by Gasteiger charge is 2.03. The SMILES string of the molecule is N#Cc1ccc(NCCCc2ncn[nH]2)c(F)c1. The molecule has 0 unspecified atom stereocenters. The number of hydrogen-bond donors (Lipinski definition) is 2. The molecule has 0 aliphatic rings. The summed E-state index contributed by atoms with van der Waals surface area (Å²) in [5.74, 6) is 0.408. The van der Waals surface area contributed by atoms with Crippen molar-refractivity contribution in [2.24, 2.45) is 0 Å². The maximum absolute atomic E-state index is 13.5. The lowest BCUT2D eigenvalue weighted by atomic mass is 10.2. The Morgan fingerprint density at radius 2 is 2.33 bits per heavy atom. The smallest absolute Gasteiger partial charge is 0.147 e. The lowest BCUT2D eigenvalue weighted by Gasteiger charge is -2.06. The van der Waals surface area contributed by atoms with Crippen LogP contribution in [0.25, 0.3) is 0 Å². The number of hydrogen-bond acceptors (Lipinski definition) is 4. The number of aryl methyl sites for hydroxylation is 1. The van der Waals surface area contributed by atoms with Crippen molar-refractivity contribution in [3.8, 4) is 6.07 Å². The van der Waals surface area contributed by atoms with Crippen molar-refractivity contribution in [2.45, 2.75) is 12.8 Å². The molecular formula is C12H12FN5. The Bertz CT molecular complexity index is 544. The predicted octanol–water partition coefficient (Wildman–Crippen LogP) is 1.86. The van der Waals surface area contributed by atoms with Gasteiger partial charge in [0.25, 0.3) is 0 Å². The van der Waals surface area contributed by atoms with Gasteiger partial charge in [0.2, 0.25) is 0 Å². The predicted molar refractivity (Wildman–Crippen MR) is 64.3 cm³/mol. The molecule has 92 valence electrons. The van der Waals surface area contributed by atoms with E-state index in [-0.39, 0.29) is 0 Å². The van der Waals surface area contributed by atoms with E-state index in [1.807, 2.05) is 6.07 Å². The number of rotatable bonds is 5. The fourth-order valence-electron chi connectivity index (χ4n) is 1.56. The molecule has 0 bridgehead atoms. The van der Waals surface area contributed by atoms with Gasteiger partial charge in [0.15, 0.2) is 0 Å². The molecule has 2 rings (SSSR count). The average molecular weight is 245 g/mol. The minimum absolute atomic E-state index is 0.319. The van der Waals surface area contributed by atoms with Crippen LogP contribution in [0.3, 0.4) is 0 Å². The summed E-state index contributed by atoms with van der Waals surface area (Å²) in [5.41, 5.74) is 0.728. The quantitative estimate of drug-likeness (QED) is 0.788. The van der Waals surface area contributed by atoms with Gasteiger partial charge in [-0.1, -0.05) is 0 Å². The fourth-order valence-corrected chi connectivity index (χ4v) is 1.56. The summed E-state index contributed by atoms with van der Waals surface area (Å²) in [6.07, 6.45) is 3.03. The molecule has 0 saturated carbocycles. The first-order valence-electron chi connectivity index (χ1n) is 5.57. The highest BCUT2D eigenvalue weighted by molar-refractivity contribution is 5.48. The zero-order chi connectivity index (χ0) is 12.8. The number of nitrogens with zero attached hydrogens (tertiary/aromatic N) is 3. The van der Waals surface area contributed by atoms with Crippen molar-refractivity contribution in [3.05, 3.63) is 41.7 Å². The van der Waals surface area contributed by atoms with Crippen LogP contribution in [0, 0.1) is 17.1 Å². The Labute approximate surface area is 104 Å². The number of nitriles is 1. The molecular weight excluding hydrogens is 233 g/mol. The van der Waals surface area contributed by atoms with E-state index in [1.54, 1.807) is 12.1 Å². The van der Waals surface area contributed by atoms with Crippen molar-refractivity contribution >= 4 is 5.69 Å². The molecule has 6 heteroatoms. The molecule has 0 atom stereocenters. The molecule has 1 aromatic heterocycles. The summed E-state index contributed by atoms with van der Waals surface area (Å²) in [4.78, 5) is 4.00. The lowest BCUT2D eigenvalue weighted by molar-refractivity contribution is 0.629. The molecule has 2 aromatic rings. The molecule has 1 heterocycles. The third kappa shape index (κ3) is 3.04. The number of H-pyrrole nitrogens is 1. The minimum atomic E-state index is -0.409. The molecule has 0 fully saturated rings. The number of aromatic nitrogens is 3. The minimum Gasteiger partial charge on any atom is -0.383 e. The molecule has 0 saturated heterocycles. The second kappa shape index (κ2) is 5.77. The highest BCUT2D eigenvalue weighted by atomic mass is 19.1. The summed E-state index contributed by atoms with van der Waals surface area (Å²) >= 11 is 0. The lowest BCUT2D eigenvalue weighted by Crippen LogP contribution is -2.05. The van der Waals surface area contributed by atoms with E-state index in [1.165, 1.54) is 12.4 Å². The van der Waals surface area contributed by atoms with Crippen molar-refractivity contribution in [1.82, 2.24) is 15.2 Å². The number of halogens is 1. The normalized spacial score (nSPS) is 10.0. The Kier molecular flexibility index (Phi) is 3.86. The van der Waals surface area contributed by atoms with Gasteiger partial charge < -0.3 is 5.32 Å². The van der Waals surface area contributed by atoms with Crippen LogP contribution in [0.5, 0.6) is 0 Å². The summed E-state index contributed by atoms with van der Waals surface area (Å²) in [5, 5.41) is 18.1. The summed E-state index contributed by atoms with van der Waals surface area (Å²) in [6.45, 7) is 0.628. The van der Waals surface area contributed by atoms with Gasteiger partial charge in [-0.25, -0.2) is 9.37 Å². The van der Waals surface area contributed by atoms with Crippen LogP contribution in [0.1, 0.15) is 17.8 Å². The topological polar surface area (TPSA) is 77.4 Å². The van der Waals surface area contributed by atoms with Gasteiger partial charge in [-0.3, -0.25) is 5.10 Å². The second-order valence-corrected chi connectivity index (χ2v) is 3.77. The zero-order valence-corrected chi connectivity index (χ0v) is 9.65.